The summed E-state index contributed by atoms with van der Waals surface area (Å²) in [6.45, 7) is 5.11. The van der Waals surface area contributed by atoms with E-state index in [1.807, 2.05) is 17.8 Å². The van der Waals surface area contributed by atoms with Gasteiger partial charge in [-0.05, 0) is 37.3 Å². The van der Waals surface area contributed by atoms with E-state index in [2.05, 4.69) is 25.4 Å². The molecule has 1 N–H and O–H groups in total. The maximum atomic E-state index is 13.0. The normalized spacial score (nSPS) is 11.1. The average Bonchev–Trinajstić information content (AvgIpc) is 2.42. The molecular weight excluding hydrogens is 247 g/mol. The van der Waals surface area contributed by atoms with Gasteiger partial charge in [0, 0.05) is 11.3 Å². The van der Waals surface area contributed by atoms with Crippen LogP contribution in [0.2, 0.25) is 0 Å². The lowest BCUT2D eigenvalue weighted by Gasteiger charge is -2.30. The van der Waals surface area contributed by atoms with Gasteiger partial charge in [-0.15, -0.1) is 0 Å². The van der Waals surface area contributed by atoms with Crippen molar-refractivity contribution in [1.29, 1.82) is 5.26 Å². The molecule has 2 nitrogen and oxygen atoms in total. The first-order valence-corrected chi connectivity index (χ1v) is 7.32. The number of benzene rings is 1. The fourth-order valence-corrected chi connectivity index (χ4v) is 2.67. The van der Waals surface area contributed by atoms with Crippen molar-refractivity contribution in [2.75, 3.05) is 18.1 Å². The van der Waals surface area contributed by atoms with Gasteiger partial charge in [-0.2, -0.15) is 17.0 Å². The van der Waals surface area contributed by atoms with Crippen molar-refractivity contribution in [1.82, 2.24) is 0 Å². The first-order valence-electron chi connectivity index (χ1n) is 6.09. The molecule has 0 spiro atoms. The molecule has 0 bridgehead atoms. The Labute approximate surface area is 113 Å². The van der Waals surface area contributed by atoms with Crippen LogP contribution in [-0.4, -0.2) is 17.5 Å². The number of nitriles is 1. The summed E-state index contributed by atoms with van der Waals surface area (Å²) in [5.41, 5.74) is 1.07. The Bertz CT molecular complexity index is 428. The minimum absolute atomic E-state index is 0.168. The van der Waals surface area contributed by atoms with E-state index in [1.165, 1.54) is 12.1 Å². The van der Waals surface area contributed by atoms with Crippen LogP contribution < -0.4 is 5.32 Å². The van der Waals surface area contributed by atoms with Crippen LogP contribution in [-0.2, 0) is 0 Å². The highest BCUT2D eigenvalue weighted by Crippen LogP contribution is 2.31. The summed E-state index contributed by atoms with van der Waals surface area (Å²) in [6.07, 6.45) is 4.21. The molecule has 18 heavy (non-hydrogen) atoms. The van der Waals surface area contributed by atoms with Crippen LogP contribution >= 0.6 is 11.8 Å². The third kappa shape index (κ3) is 3.39. The molecule has 0 saturated heterocycles. The maximum Gasteiger partial charge on any atom is 0.124 e. The molecule has 0 atom stereocenters. The van der Waals surface area contributed by atoms with Gasteiger partial charge in [-0.3, -0.25) is 0 Å². The molecule has 0 heterocycles. The van der Waals surface area contributed by atoms with Crippen LogP contribution in [0.25, 0.3) is 0 Å². The van der Waals surface area contributed by atoms with Crippen molar-refractivity contribution in [2.24, 2.45) is 0 Å². The number of halogens is 1. The molecule has 0 aromatic heterocycles. The molecule has 0 unspecified atom stereocenters. The molecule has 1 aromatic rings. The summed E-state index contributed by atoms with van der Waals surface area (Å²) in [5.74, 6) is -0.376. The summed E-state index contributed by atoms with van der Waals surface area (Å²) in [7, 11) is 0. The largest absolute Gasteiger partial charge is 0.383 e. The summed E-state index contributed by atoms with van der Waals surface area (Å²) in [4.78, 5) is 0. The van der Waals surface area contributed by atoms with E-state index in [1.54, 1.807) is 6.07 Å². The van der Waals surface area contributed by atoms with Crippen molar-refractivity contribution < 1.29 is 4.39 Å². The third-order valence-corrected chi connectivity index (χ3v) is 5.01. The Morgan fingerprint density at radius 3 is 2.56 bits per heavy atom. The van der Waals surface area contributed by atoms with Gasteiger partial charge >= 0.3 is 0 Å². The van der Waals surface area contributed by atoms with Crippen LogP contribution in [0.5, 0.6) is 0 Å². The molecule has 0 aliphatic rings. The van der Waals surface area contributed by atoms with E-state index in [-0.39, 0.29) is 10.6 Å². The number of nitrogens with zero attached hydrogens (tertiary/aromatic N) is 1. The minimum atomic E-state index is -0.376. The van der Waals surface area contributed by atoms with Gasteiger partial charge in [0.2, 0.25) is 0 Å². The Balaban J connectivity index is 2.83. The number of thioether (sulfide) groups is 1. The Kier molecular flexibility index (Phi) is 5.49. The van der Waals surface area contributed by atoms with Gasteiger partial charge in [-0.1, -0.05) is 13.8 Å². The first-order chi connectivity index (χ1) is 8.60. The second-order valence-electron chi connectivity index (χ2n) is 4.25. The highest BCUT2D eigenvalue weighted by Gasteiger charge is 2.24. The van der Waals surface area contributed by atoms with Gasteiger partial charge in [-0.25, -0.2) is 4.39 Å². The lowest BCUT2D eigenvalue weighted by atomic mass is 10.0. The van der Waals surface area contributed by atoms with E-state index in [9.17, 15) is 4.39 Å². The van der Waals surface area contributed by atoms with E-state index in [0.717, 1.165) is 19.4 Å². The van der Waals surface area contributed by atoms with Crippen LogP contribution in [0.3, 0.4) is 0 Å². The van der Waals surface area contributed by atoms with Crippen molar-refractivity contribution >= 4 is 17.4 Å². The molecule has 0 saturated carbocycles. The predicted molar refractivity (Wildman–Crippen MR) is 76.4 cm³/mol. The number of anilines is 1. The number of nitrogens with one attached hydrogen (secondary N) is 1. The zero-order valence-corrected chi connectivity index (χ0v) is 11.9. The van der Waals surface area contributed by atoms with E-state index in [4.69, 9.17) is 5.26 Å². The zero-order chi connectivity index (χ0) is 13.6. The van der Waals surface area contributed by atoms with Gasteiger partial charge in [0.05, 0.1) is 11.3 Å². The summed E-state index contributed by atoms with van der Waals surface area (Å²) >= 11 is 1.83. The van der Waals surface area contributed by atoms with Crippen LogP contribution in [0.1, 0.15) is 32.3 Å². The van der Waals surface area contributed by atoms with Crippen molar-refractivity contribution in [3.05, 3.63) is 29.6 Å². The lowest BCUT2D eigenvalue weighted by molar-refractivity contribution is 0.574. The van der Waals surface area contributed by atoms with Crippen LogP contribution in [0.15, 0.2) is 18.2 Å². The number of hydrogen-bond acceptors (Lipinski definition) is 3. The van der Waals surface area contributed by atoms with E-state index in [0.29, 0.717) is 11.3 Å². The summed E-state index contributed by atoms with van der Waals surface area (Å²) in [6, 6.07) is 6.29. The van der Waals surface area contributed by atoms with E-state index < -0.39 is 0 Å². The van der Waals surface area contributed by atoms with Crippen molar-refractivity contribution in [3.8, 4) is 6.07 Å². The van der Waals surface area contributed by atoms with Gasteiger partial charge in [0.1, 0.15) is 11.9 Å². The molecular formula is C14H19FN2S. The van der Waals surface area contributed by atoms with Gasteiger partial charge < -0.3 is 5.32 Å². The standard InChI is InChI=1S/C14H19FN2S/c1-4-14(5-2,18-3)10-17-13-7-6-12(15)8-11(13)9-16/h6-8,17H,4-5,10H2,1-3H3. The van der Waals surface area contributed by atoms with Crippen molar-refractivity contribution in [3.63, 3.8) is 0 Å². The molecule has 1 aromatic carbocycles. The quantitative estimate of drug-likeness (QED) is 0.844. The predicted octanol–water partition coefficient (Wildman–Crippen LogP) is 4.03. The number of rotatable bonds is 6. The molecule has 0 aliphatic carbocycles. The minimum Gasteiger partial charge on any atom is -0.383 e. The summed E-state index contributed by atoms with van der Waals surface area (Å²) in [5, 5.41) is 12.3. The van der Waals surface area contributed by atoms with Crippen molar-refractivity contribution in [2.45, 2.75) is 31.4 Å². The highest BCUT2D eigenvalue weighted by atomic mass is 32.2. The Hall–Kier alpha value is -1.21. The topological polar surface area (TPSA) is 35.8 Å². The molecule has 0 aliphatic heterocycles. The fourth-order valence-electron chi connectivity index (χ4n) is 1.88. The Morgan fingerprint density at radius 1 is 1.39 bits per heavy atom. The fraction of sp³-hybridized carbons (Fsp3) is 0.500. The zero-order valence-electron chi connectivity index (χ0n) is 11.1. The van der Waals surface area contributed by atoms with E-state index >= 15 is 0 Å². The summed E-state index contributed by atoms with van der Waals surface area (Å²) < 4.78 is 13.2. The molecule has 0 amide bonds. The van der Waals surface area contributed by atoms with Gasteiger partial charge in [0.15, 0.2) is 0 Å². The van der Waals surface area contributed by atoms with Crippen LogP contribution in [0.4, 0.5) is 10.1 Å². The molecule has 98 valence electrons. The first kappa shape index (κ1) is 14.8. The van der Waals surface area contributed by atoms with Gasteiger partial charge in [0.25, 0.3) is 0 Å². The number of hydrogen-bond donors (Lipinski definition) is 1. The Morgan fingerprint density at radius 2 is 2.06 bits per heavy atom. The molecule has 0 radical (unpaired) electrons. The lowest BCUT2D eigenvalue weighted by Crippen LogP contribution is -2.32. The van der Waals surface area contributed by atoms with Crippen LogP contribution in [0, 0.1) is 17.1 Å². The second-order valence-corrected chi connectivity index (χ2v) is 5.52. The molecule has 4 heteroatoms. The SMILES string of the molecule is CCC(CC)(CNc1ccc(F)cc1C#N)SC. The second kappa shape index (κ2) is 6.65. The third-order valence-electron chi connectivity index (χ3n) is 3.42. The smallest absolute Gasteiger partial charge is 0.124 e. The molecule has 1 rings (SSSR count). The monoisotopic (exact) mass is 266 g/mol. The highest BCUT2D eigenvalue weighted by molar-refractivity contribution is 8.00. The molecule has 0 fully saturated rings. The average molecular weight is 266 g/mol. The maximum absolute atomic E-state index is 13.0.